The fraction of sp³-hybridized carbons (Fsp3) is 0.360. The molecule has 2 atom stereocenters. The van der Waals surface area contributed by atoms with Crippen molar-refractivity contribution in [2.45, 2.75) is 50.6 Å². The molecule has 3 aromatic rings. The molecule has 7 nitrogen and oxygen atoms in total. The Morgan fingerprint density at radius 1 is 0.970 bits per heavy atom. The first-order chi connectivity index (χ1) is 16.1. The van der Waals surface area contributed by atoms with E-state index in [4.69, 9.17) is 11.5 Å². The lowest BCUT2D eigenvalue weighted by Gasteiger charge is -2.20. The van der Waals surface area contributed by atoms with Crippen molar-refractivity contribution in [2.24, 2.45) is 11.5 Å². The van der Waals surface area contributed by atoms with Crippen molar-refractivity contribution in [3.05, 3.63) is 71.2 Å². The molecular formula is C25H31N5O2S. The Kier molecular flexibility index (Phi) is 9.68. The van der Waals surface area contributed by atoms with E-state index in [1.807, 2.05) is 60.7 Å². The Morgan fingerprint density at radius 3 is 2.36 bits per heavy atom. The molecule has 5 N–H and O–H groups in total. The second-order valence-corrected chi connectivity index (χ2v) is 8.80. The molecule has 0 unspecified atom stereocenters. The van der Waals surface area contributed by atoms with Crippen molar-refractivity contribution in [1.82, 2.24) is 14.7 Å². The van der Waals surface area contributed by atoms with Gasteiger partial charge in [-0.2, -0.15) is 4.37 Å². The van der Waals surface area contributed by atoms with Crippen LogP contribution in [-0.2, 0) is 22.4 Å². The van der Waals surface area contributed by atoms with Crippen molar-refractivity contribution >= 4 is 23.2 Å². The normalized spacial score (nSPS) is 12.8. The first-order valence-corrected chi connectivity index (χ1v) is 12.0. The summed E-state index contributed by atoms with van der Waals surface area (Å²) >= 11 is 1.30. The van der Waals surface area contributed by atoms with E-state index in [0.29, 0.717) is 44.5 Å². The molecule has 1 amide bonds. The van der Waals surface area contributed by atoms with Gasteiger partial charge >= 0.3 is 0 Å². The highest BCUT2D eigenvalue weighted by molar-refractivity contribution is 7.05. The van der Waals surface area contributed by atoms with Crippen LogP contribution in [0.3, 0.4) is 0 Å². The minimum Gasteiger partial charge on any atom is -0.345 e. The third kappa shape index (κ3) is 7.85. The molecule has 0 bridgehead atoms. The number of nitrogens with one attached hydrogen (secondary N) is 1. The van der Waals surface area contributed by atoms with Crippen LogP contribution in [0.4, 0.5) is 0 Å². The third-order valence-corrected chi connectivity index (χ3v) is 6.18. The highest BCUT2D eigenvalue weighted by atomic mass is 32.1. The second kappa shape index (κ2) is 12.9. The summed E-state index contributed by atoms with van der Waals surface area (Å²) in [6, 6.07) is 18.4. The van der Waals surface area contributed by atoms with Crippen molar-refractivity contribution in [2.75, 3.05) is 6.54 Å². The number of ketones is 1. The van der Waals surface area contributed by atoms with Crippen LogP contribution < -0.4 is 16.8 Å². The number of amides is 1. The van der Waals surface area contributed by atoms with Crippen molar-refractivity contribution < 1.29 is 9.59 Å². The van der Waals surface area contributed by atoms with Crippen LogP contribution in [0, 0.1) is 0 Å². The van der Waals surface area contributed by atoms with Gasteiger partial charge in [-0.05, 0) is 49.3 Å². The number of aryl methyl sites for hydroxylation is 2. The minimum absolute atomic E-state index is 0.0261. The van der Waals surface area contributed by atoms with E-state index in [0.717, 1.165) is 16.1 Å². The minimum atomic E-state index is -0.669. The standard InChI is InChI=1S/C25H31N5O2S/c26-17-7-12-20(27)25(32)28-21(14-13-18-8-3-1-4-9-18)22(31)15-16-23-29-24(30-33-23)19-10-5-2-6-11-19/h1-6,8-11,20-21H,7,12-17,26-27H2,(H,28,32)/t20-,21+/m0/s1. The molecule has 1 aromatic heterocycles. The smallest absolute Gasteiger partial charge is 0.237 e. The number of nitrogens with two attached hydrogens (primary N) is 2. The van der Waals surface area contributed by atoms with Gasteiger partial charge in [0.15, 0.2) is 11.6 Å². The maximum atomic E-state index is 13.1. The topological polar surface area (TPSA) is 124 Å². The Morgan fingerprint density at radius 2 is 1.67 bits per heavy atom. The fourth-order valence-electron chi connectivity index (χ4n) is 3.48. The zero-order chi connectivity index (χ0) is 23.5. The molecule has 0 saturated heterocycles. The zero-order valence-corrected chi connectivity index (χ0v) is 19.5. The maximum absolute atomic E-state index is 13.1. The lowest BCUT2D eigenvalue weighted by molar-refractivity contribution is -0.128. The molecule has 8 heteroatoms. The molecule has 1 heterocycles. The van der Waals surface area contributed by atoms with Gasteiger partial charge < -0.3 is 16.8 Å². The number of benzene rings is 2. The van der Waals surface area contributed by atoms with E-state index >= 15 is 0 Å². The Labute approximate surface area is 198 Å². The Bertz CT molecular complexity index is 1010. The average molecular weight is 466 g/mol. The van der Waals surface area contributed by atoms with E-state index in [1.165, 1.54) is 11.5 Å². The largest absolute Gasteiger partial charge is 0.345 e. The number of rotatable bonds is 13. The van der Waals surface area contributed by atoms with Crippen LogP contribution in [-0.4, -0.2) is 39.7 Å². The number of Topliss-reactive ketones (excluding diaryl/α,β-unsaturated/α-hetero) is 1. The number of hydrogen-bond acceptors (Lipinski definition) is 7. The van der Waals surface area contributed by atoms with Crippen LogP contribution in [0.1, 0.15) is 36.3 Å². The van der Waals surface area contributed by atoms with Crippen LogP contribution in [0.5, 0.6) is 0 Å². The van der Waals surface area contributed by atoms with Crippen LogP contribution in [0.15, 0.2) is 60.7 Å². The summed E-state index contributed by atoms with van der Waals surface area (Å²) in [4.78, 5) is 30.2. The molecule has 0 radical (unpaired) electrons. The first kappa shape index (κ1) is 24.7. The fourth-order valence-corrected chi connectivity index (χ4v) is 4.14. The number of aromatic nitrogens is 2. The third-order valence-electron chi connectivity index (χ3n) is 5.41. The van der Waals surface area contributed by atoms with Gasteiger partial charge in [-0.15, -0.1) is 0 Å². The summed E-state index contributed by atoms with van der Waals surface area (Å²) in [5.41, 5.74) is 13.6. The second-order valence-electron chi connectivity index (χ2n) is 7.97. The predicted molar refractivity (Wildman–Crippen MR) is 132 cm³/mol. The van der Waals surface area contributed by atoms with Gasteiger partial charge in [0, 0.05) is 18.4 Å². The summed E-state index contributed by atoms with van der Waals surface area (Å²) in [6.45, 7) is 0.476. The van der Waals surface area contributed by atoms with Gasteiger partial charge in [-0.25, -0.2) is 4.98 Å². The zero-order valence-electron chi connectivity index (χ0n) is 18.7. The van der Waals surface area contributed by atoms with Gasteiger partial charge in [0.1, 0.15) is 5.01 Å². The molecule has 0 aliphatic heterocycles. The summed E-state index contributed by atoms with van der Waals surface area (Å²) in [6.07, 6.45) is 3.13. The number of carbonyl (C=O) groups excluding carboxylic acids is 2. The van der Waals surface area contributed by atoms with Crippen LogP contribution in [0.25, 0.3) is 11.4 Å². The lowest BCUT2D eigenvalue weighted by atomic mass is 9.99. The summed E-state index contributed by atoms with van der Waals surface area (Å²) < 4.78 is 4.41. The van der Waals surface area contributed by atoms with Gasteiger partial charge in [0.2, 0.25) is 5.91 Å². The van der Waals surface area contributed by atoms with Gasteiger partial charge in [0.05, 0.1) is 12.1 Å². The number of carbonyl (C=O) groups is 2. The quantitative estimate of drug-likeness (QED) is 0.357. The molecule has 0 aliphatic rings. The van der Waals surface area contributed by atoms with Crippen LogP contribution in [0.2, 0.25) is 0 Å². The predicted octanol–water partition coefficient (Wildman–Crippen LogP) is 2.89. The average Bonchev–Trinajstić information content (AvgIpc) is 3.33. The maximum Gasteiger partial charge on any atom is 0.237 e. The van der Waals surface area contributed by atoms with E-state index < -0.39 is 12.1 Å². The first-order valence-electron chi connectivity index (χ1n) is 11.3. The van der Waals surface area contributed by atoms with Gasteiger partial charge in [0.25, 0.3) is 0 Å². The van der Waals surface area contributed by atoms with Crippen LogP contribution >= 0.6 is 11.5 Å². The number of hydrogen-bond donors (Lipinski definition) is 3. The number of nitrogens with zero attached hydrogens (tertiary/aromatic N) is 2. The highest BCUT2D eigenvalue weighted by Gasteiger charge is 2.23. The van der Waals surface area contributed by atoms with Crippen molar-refractivity contribution in [1.29, 1.82) is 0 Å². The lowest BCUT2D eigenvalue weighted by Crippen LogP contribution is -2.48. The van der Waals surface area contributed by atoms with E-state index in [-0.39, 0.29) is 18.1 Å². The van der Waals surface area contributed by atoms with Gasteiger partial charge in [-0.3, -0.25) is 9.59 Å². The summed E-state index contributed by atoms with van der Waals surface area (Å²) in [5.74, 6) is 0.335. The molecule has 0 aliphatic carbocycles. The van der Waals surface area contributed by atoms with Crippen molar-refractivity contribution in [3.63, 3.8) is 0 Å². The molecular weight excluding hydrogens is 434 g/mol. The summed E-state index contributed by atoms with van der Waals surface area (Å²) in [7, 11) is 0. The Hall–Kier alpha value is -2.94. The Balaban J connectivity index is 1.61. The summed E-state index contributed by atoms with van der Waals surface area (Å²) in [5, 5.41) is 3.68. The van der Waals surface area contributed by atoms with E-state index in [2.05, 4.69) is 14.7 Å². The SMILES string of the molecule is NCCC[C@H](N)C(=O)N[C@H](CCc1ccccc1)C(=O)CCc1nc(-c2ccccc2)ns1. The highest BCUT2D eigenvalue weighted by Crippen LogP contribution is 2.19. The van der Waals surface area contributed by atoms with E-state index in [1.54, 1.807) is 0 Å². The molecule has 33 heavy (non-hydrogen) atoms. The molecule has 0 fully saturated rings. The molecule has 0 spiro atoms. The molecule has 174 valence electrons. The monoisotopic (exact) mass is 465 g/mol. The molecule has 0 saturated carbocycles. The van der Waals surface area contributed by atoms with Gasteiger partial charge in [-0.1, -0.05) is 60.7 Å². The molecule has 3 rings (SSSR count). The van der Waals surface area contributed by atoms with Crippen molar-refractivity contribution in [3.8, 4) is 11.4 Å². The van der Waals surface area contributed by atoms with E-state index in [9.17, 15) is 9.59 Å². The molecule has 2 aromatic carbocycles.